The van der Waals surface area contributed by atoms with Crippen LogP contribution in [0.5, 0.6) is 0 Å². The van der Waals surface area contributed by atoms with Gasteiger partial charge in [-0.25, -0.2) is 5.43 Å². The molecule has 154 valence electrons. The number of amides is 1. The van der Waals surface area contributed by atoms with Crippen LogP contribution in [0.2, 0.25) is 0 Å². The van der Waals surface area contributed by atoms with Crippen LogP contribution >= 0.6 is 0 Å². The van der Waals surface area contributed by atoms with Gasteiger partial charge in [-0.15, -0.1) is 0 Å². The Morgan fingerprint density at radius 1 is 1.10 bits per heavy atom. The van der Waals surface area contributed by atoms with Crippen LogP contribution in [0.4, 0.5) is 23.5 Å². The number of nitrogens with zero attached hydrogens (tertiary/aromatic N) is 6. The molecule has 0 spiro atoms. The molecule has 10 heteroatoms. The largest absolute Gasteiger partial charge is 0.378 e. The molecule has 1 saturated heterocycles. The number of hydrogen-bond donors (Lipinski definition) is 2. The molecular weight excluding hydrogens is 372 g/mol. The van der Waals surface area contributed by atoms with Crippen molar-refractivity contribution in [2.75, 3.05) is 60.9 Å². The fourth-order valence-electron chi connectivity index (χ4n) is 2.71. The topological polar surface area (TPSA) is 108 Å². The maximum atomic E-state index is 11.1. The molecule has 0 unspecified atom stereocenters. The predicted molar refractivity (Wildman–Crippen MR) is 114 cm³/mol. The Bertz CT molecular complexity index is 876. The van der Waals surface area contributed by atoms with E-state index in [2.05, 4.69) is 35.7 Å². The van der Waals surface area contributed by atoms with Gasteiger partial charge in [0.1, 0.15) is 0 Å². The third kappa shape index (κ3) is 5.61. The smallest absolute Gasteiger partial charge is 0.250 e. The van der Waals surface area contributed by atoms with E-state index in [0.29, 0.717) is 31.1 Å². The number of carbonyl (C=O) groups is 1. The molecule has 0 saturated carbocycles. The second kappa shape index (κ2) is 9.28. The Hall–Kier alpha value is -3.27. The summed E-state index contributed by atoms with van der Waals surface area (Å²) in [6.07, 6.45) is 0. The molecule has 2 heterocycles. The van der Waals surface area contributed by atoms with Gasteiger partial charge in [0.15, 0.2) is 0 Å². The summed E-state index contributed by atoms with van der Waals surface area (Å²) < 4.78 is 5.40. The van der Waals surface area contributed by atoms with Gasteiger partial charge in [0.25, 0.3) is 0 Å². The van der Waals surface area contributed by atoms with Crippen LogP contribution in [0.3, 0.4) is 0 Å². The van der Waals surface area contributed by atoms with Gasteiger partial charge < -0.3 is 19.9 Å². The molecular formula is C19H26N8O2. The maximum Gasteiger partial charge on any atom is 0.250 e. The number of nitrogens with one attached hydrogen (secondary N) is 2. The molecule has 10 nitrogen and oxygen atoms in total. The first-order chi connectivity index (χ1) is 13.9. The molecule has 29 heavy (non-hydrogen) atoms. The van der Waals surface area contributed by atoms with E-state index >= 15 is 0 Å². The molecule has 2 N–H and O–H groups in total. The van der Waals surface area contributed by atoms with Crippen molar-refractivity contribution in [1.82, 2.24) is 15.0 Å². The molecule has 1 fully saturated rings. The number of hydrazone groups is 1. The Morgan fingerprint density at radius 2 is 1.79 bits per heavy atom. The fraction of sp³-hybridized carbons (Fsp3) is 0.421. The van der Waals surface area contributed by atoms with Crippen LogP contribution in [0, 0.1) is 0 Å². The highest BCUT2D eigenvalue weighted by atomic mass is 16.5. The van der Waals surface area contributed by atoms with E-state index in [0.717, 1.165) is 30.1 Å². The summed E-state index contributed by atoms with van der Waals surface area (Å²) in [5.74, 6) is 1.42. The van der Waals surface area contributed by atoms with Gasteiger partial charge in [0.05, 0.1) is 18.9 Å². The van der Waals surface area contributed by atoms with Crippen molar-refractivity contribution < 1.29 is 9.53 Å². The number of ether oxygens (including phenoxy) is 1. The average Bonchev–Trinajstić information content (AvgIpc) is 2.72. The SMILES string of the molecule is CC(=O)Nc1ccc(/C(C)=N/Nc2nc(N(C)C)nc(N3CCOCC3)n2)cc1. The van der Waals surface area contributed by atoms with Crippen molar-refractivity contribution >= 4 is 35.2 Å². The summed E-state index contributed by atoms with van der Waals surface area (Å²) in [5.41, 5.74) is 5.36. The first-order valence-corrected chi connectivity index (χ1v) is 9.37. The van der Waals surface area contributed by atoms with Crippen LogP contribution < -0.4 is 20.5 Å². The molecule has 1 aliphatic rings. The molecule has 1 aliphatic heterocycles. The van der Waals surface area contributed by atoms with Crippen molar-refractivity contribution in [3.8, 4) is 0 Å². The Balaban J connectivity index is 1.77. The molecule has 0 atom stereocenters. The first kappa shape index (κ1) is 20.5. The molecule has 0 radical (unpaired) electrons. The molecule has 2 aromatic rings. The van der Waals surface area contributed by atoms with E-state index in [1.165, 1.54) is 6.92 Å². The number of carbonyl (C=O) groups excluding carboxylic acids is 1. The fourth-order valence-corrected chi connectivity index (χ4v) is 2.71. The van der Waals surface area contributed by atoms with Crippen LogP contribution in [0.25, 0.3) is 0 Å². The highest BCUT2D eigenvalue weighted by Gasteiger charge is 2.17. The molecule has 1 amide bonds. The maximum absolute atomic E-state index is 11.1. The number of morpholine rings is 1. The normalized spacial score (nSPS) is 14.5. The lowest BCUT2D eigenvalue weighted by molar-refractivity contribution is -0.114. The average molecular weight is 398 g/mol. The zero-order valence-electron chi connectivity index (χ0n) is 17.1. The van der Waals surface area contributed by atoms with Crippen molar-refractivity contribution in [1.29, 1.82) is 0 Å². The lowest BCUT2D eigenvalue weighted by atomic mass is 10.1. The van der Waals surface area contributed by atoms with Gasteiger partial charge in [-0.1, -0.05) is 12.1 Å². The number of rotatable bonds is 6. The Morgan fingerprint density at radius 3 is 2.41 bits per heavy atom. The zero-order chi connectivity index (χ0) is 20.8. The quantitative estimate of drug-likeness (QED) is 0.558. The van der Waals surface area contributed by atoms with E-state index in [1.807, 2.05) is 50.2 Å². The standard InChI is InChI=1S/C19H26N8O2/c1-13(15-5-7-16(8-6-15)20-14(2)28)24-25-17-21-18(26(3)4)23-19(22-17)27-9-11-29-12-10-27/h5-8H,9-12H2,1-4H3,(H,20,28)(H,21,22,23,25)/b24-13+. The zero-order valence-corrected chi connectivity index (χ0v) is 17.1. The first-order valence-electron chi connectivity index (χ1n) is 9.37. The molecule has 0 bridgehead atoms. The number of benzene rings is 1. The monoisotopic (exact) mass is 398 g/mol. The summed E-state index contributed by atoms with van der Waals surface area (Å²) in [7, 11) is 3.76. The minimum absolute atomic E-state index is 0.104. The number of hydrogen-bond acceptors (Lipinski definition) is 9. The highest BCUT2D eigenvalue weighted by molar-refractivity contribution is 5.99. The minimum Gasteiger partial charge on any atom is -0.378 e. The van der Waals surface area contributed by atoms with Crippen molar-refractivity contribution in [3.63, 3.8) is 0 Å². The minimum atomic E-state index is -0.104. The third-order valence-corrected chi connectivity index (χ3v) is 4.25. The van der Waals surface area contributed by atoms with Gasteiger partial charge in [0, 0.05) is 39.8 Å². The van der Waals surface area contributed by atoms with E-state index in [4.69, 9.17) is 4.74 Å². The van der Waals surface area contributed by atoms with Crippen molar-refractivity contribution in [3.05, 3.63) is 29.8 Å². The van der Waals surface area contributed by atoms with Gasteiger partial charge in [-0.05, 0) is 24.6 Å². The lowest BCUT2D eigenvalue weighted by Crippen LogP contribution is -2.37. The van der Waals surface area contributed by atoms with Gasteiger partial charge in [0.2, 0.25) is 23.8 Å². The summed E-state index contributed by atoms with van der Waals surface area (Å²) in [4.78, 5) is 28.5. The van der Waals surface area contributed by atoms with Gasteiger partial charge >= 0.3 is 0 Å². The van der Waals surface area contributed by atoms with Crippen molar-refractivity contribution in [2.45, 2.75) is 13.8 Å². The summed E-state index contributed by atoms with van der Waals surface area (Å²) >= 11 is 0. The van der Waals surface area contributed by atoms with Crippen LogP contribution in [0.1, 0.15) is 19.4 Å². The molecule has 0 aliphatic carbocycles. The van der Waals surface area contributed by atoms with Crippen LogP contribution in [0.15, 0.2) is 29.4 Å². The predicted octanol–water partition coefficient (Wildman–Crippen LogP) is 1.57. The number of aromatic nitrogens is 3. The lowest BCUT2D eigenvalue weighted by Gasteiger charge is -2.27. The molecule has 1 aromatic carbocycles. The van der Waals surface area contributed by atoms with Gasteiger partial charge in [-0.3, -0.25) is 4.79 Å². The summed E-state index contributed by atoms with van der Waals surface area (Å²) in [6.45, 7) is 6.14. The second-order valence-electron chi connectivity index (χ2n) is 6.82. The highest BCUT2D eigenvalue weighted by Crippen LogP contribution is 2.17. The van der Waals surface area contributed by atoms with E-state index in [1.54, 1.807) is 0 Å². The third-order valence-electron chi connectivity index (χ3n) is 4.25. The summed E-state index contributed by atoms with van der Waals surface area (Å²) in [6, 6.07) is 7.45. The van der Waals surface area contributed by atoms with E-state index in [9.17, 15) is 4.79 Å². The molecule has 1 aromatic heterocycles. The summed E-state index contributed by atoms with van der Waals surface area (Å²) in [5, 5.41) is 7.15. The molecule has 3 rings (SSSR count). The van der Waals surface area contributed by atoms with Crippen LogP contribution in [-0.2, 0) is 9.53 Å². The Labute approximate surface area is 170 Å². The Kier molecular flexibility index (Phi) is 6.55. The van der Waals surface area contributed by atoms with E-state index in [-0.39, 0.29) is 5.91 Å². The van der Waals surface area contributed by atoms with Crippen molar-refractivity contribution in [2.24, 2.45) is 5.10 Å². The number of anilines is 4. The van der Waals surface area contributed by atoms with Gasteiger partial charge in [-0.2, -0.15) is 20.1 Å². The van der Waals surface area contributed by atoms with Crippen LogP contribution in [-0.4, -0.2) is 67.0 Å². The van der Waals surface area contributed by atoms with E-state index < -0.39 is 0 Å². The second-order valence-corrected chi connectivity index (χ2v) is 6.82.